The van der Waals surface area contributed by atoms with Gasteiger partial charge in [0.15, 0.2) is 0 Å². The van der Waals surface area contributed by atoms with Crippen molar-refractivity contribution in [2.24, 2.45) is 0 Å². The van der Waals surface area contributed by atoms with Gasteiger partial charge in [-0.2, -0.15) is 0 Å². The molecule has 0 unspecified atom stereocenters. The Morgan fingerprint density at radius 1 is 1.35 bits per heavy atom. The Bertz CT molecular complexity index is 627. The van der Waals surface area contributed by atoms with Crippen molar-refractivity contribution < 1.29 is 5.11 Å². The van der Waals surface area contributed by atoms with Gasteiger partial charge in [-0.25, -0.2) is 4.68 Å². The summed E-state index contributed by atoms with van der Waals surface area (Å²) >= 11 is 0. The summed E-state index contributed by atoms with van der Waals surface area (Å²) in [4.78, 5) is 14.2. The van der Waals surface area contributed by atoms with E-state index in [0.29, 0.717) is 12.2 Å². The number of phenols is 1. The molecule has 3 rings (SSSR count). The largest absolute Gasteiger partial charge is 0.508 e. The van der Waals surface area contributed by atoms with Gasteiger partial charge < -0.3 is 5.11 Å². The molecule has 0 amide bonds. The van der Waals surface area contributed by atoms with Gasteiger partial charge in [-0.05, 0) is 19.2 Å². The average molecular weight is 231 g/mol. The number of benzene rings is 1. The number of aromatic amines is 1. The summed E-state index contributed by atoms with van der Waals surface area (Å²) in [6.45, 7) is 1.44. The number of nitrogens with one attached hydrogen (secondary N) is 1. The molecule has 0 spiro atoms. The van der Waals surface area contributed by atoms with Crippen LogP contribution in [-0.2, 0) is 13.1 Å². The first-order valence-electron chi connectivity index (χ1n) is 5.46. The van der Waals surface area contributed by atoms with E-state index in [1.807, 2.05) is 7.05 Å². The standard InChI is InChI=1S/C12H13N3O2/c1-14-6-10-11(7-14)13-15(12(10)17)8-3-2-4-9(16)5-8/h2-5,13,16H,6-7H2,1H3. The van der Waals surface area contributed by atoms with Crippen LogP contribution >= 0.6 is 0 Å². The Labute approximate surface area is 97.9 Å². The lowest BCUT2D eigenvalue weighted by atomic mass is 10.3. The summed E-state index contributed by atoms with van der Waals surface area (Å²) in [6, 6.07) is 6.65. The quantitative estimate of drug-likeness (QED) is 0.763. The summed E-state index contributed by atoms with van der Waals surface area (Å²) in [7, 11) is 1.98. The van der Waals surface area contributed by atoms with E-state index in [1.165, 1.54) is 4.68 Å². The number of H-pyrrole nitrogens is 1. The summed E-state index contributed by atoms with van der Waals surface area (Å²) in [5.41, 5.74) is 2.40. The van der Waals surface area contributed by atoms with Gasteiger partial charge in [-0.3, -0.25) is 14.8 Å². The molecule has 17 heavy (non-hydrogen) atoms. The number of phenolic OH excluding ortho intramolecular Hbond substituents is 1. The maximum absolute atomic E-state index is 12.1. The lowest BCUT2D eigenvalue weighted by molar-refractivity contribution is 0.346. The van der Waals surface area contributed by atoms with E-state index in [9.17, 15) is 9.90 Å². The molecule has 1 aliphatic rings. The normalized spacial score (nSPS) is 15.1. The molecule has 1 aromatic carbocycles. The van der Waals surface area contributed by atoms with E-state index in [4.69, 9.17) is 0 Å². The third-order valence-electron chi connectivity index (χ3n) is 3.02. The Balaban J connectivity index is 2.13. The van der Waals surface area contributed by atoms with Crippen LogP contribution in [-0.4, -0.2) is 26.8 Å². The molecule has 1 aromatic heterocycles. The lowest BCUT2D eigenvalue weighted by Gasteiger charge is -2.07. The minimum absolute atomic E-state index is 0.0325. The fourth-order valence-electron chi connectivity index (χ4n) is 2.22. The second kappa shape index (κ2) is 3.49. The fraction of sp³-hybridized carbons (Fsp3) is 0.250. The molecule has 0 fully saturated rings. The zero-order chi connectivity index (χ0) is 12.0. The van der Waals surface area contributed by atoms with Crippen molar-refractivity contribution >= 4 is 0 Å². The molecular weight excluding hydrogens is 218 g/mol. The van der Waals surface area contributed by atoms with Gasteiger partial charge in [0.1, 0.15) is 5.75 Å². The molecule has 0 aliphatic carbocycles. The summed E-state index contributed by atoms with van der Waals surface area (Å²) in [6.07, 6.45) is 0. The molecular formula is C12H13N3O2. The van der Waals surface area contributed by atoms with Crippen LogP contribution < -0.4 is 5.56 Å². The molecule has 0 atom stereocenters. The first-order valence-corrected chi connectivity index (χ1v) is 5.46. The van der Waals surface area contributed by atoms with Crippen LogP contribution in [0.2, 0.25) is 0 Å². The molecule has 2 N–H and O–H groups in total. The number of aromatic hydroxyl groups is 1. The van der Waals surface area contributed by atoms with Crippen molar-refractivity contribution in [1.29, 1.82) is 0 Å². The molecule has 2 heterocycles. The van der Waals surface area contributed by atoms with Crippen molar-refractivity contribution in [1.82, 2.24) is 14.7 Å². The van der Waals surface area contributed by atoms with Crippen LogP contribution in [0.5, 0.6) is 5.75 Å². The van der Waals surface area contributed by atoms with Crippen LogP contribution in [0.3, 0.4) is 0 Å². The highest BCUT2D eigenvalue weighted by atomic mass is 16.3. The Hall–Kier alpha value is -2.01. The van der Waals surface area contributed by atoms with Crippen molar-refractivity contribution in [3.63, 3.8) is 0 Å². The highest BCUT2D eigenvalue weighted by molar-refractivity contribution is 5.39. The maximum atomic E-state index is 12.1. The zero-order valence-corrected chi connectivity index (χ0v) is 9.47. The predicted octanol–water partition coefficient (Wildman–Crippen LogP) is 0.817. The van der Waals surface area contributed by atoms with Gasteiger partial charge in [-0.15, -0.1) is 0 Å². The first kappa shape index (κ1) is 10.2. The SMILES string of the molecule is CN1Cc2[nH]n(-c3cccc(O)c3)c(=O)c2C1. The lowest BCUT2D eigenvalue weighted by Crippen LogP contribution is -2.20. The van der Waals surface area contributed by atoms with Crippen LogP contribution in [0.4, 0.5) is 0 Å². The van der Waals surface area contributed by atoms with E-state index in [1.54, 1.807) is 24.3 Å². The van der Waals surface area contributed by atoms with E-state index in [0.717, 1.165) is 17.8 Å². The van der Waals surface area contributed by atoms with E-state index >= 15 is 0 Å². The number of hydrogen-bond acceptors (Lipinski definition) is 3. The Kier molecular flexibility index (Phi) is 2.09. The van der Waals surface area contributed by atoms with Crippen molar-refractivity contribution in [3.05, 3.63) is 45.9 Å². The van der Waals surface area contributed by atoms with Crippen LogP contribution in [0, 0.1) is 0 Å². The number of fused-ring (bicyclic) bond motifs is 1. The number of hydrogen-bond donors (Lipinski definition) is 2. The highest BCUT2D eigenvalue weighted by Crippen LogP contribution is 2.19. The van der Waals surface area contributed by atoms with Crippen molar-refractivity contribution in [3.8, 4) is 11.4 Å². The molecule has 0 saturated carbocycles. The smallest absolute Gasteiger partial charge is 0.276 e. The van der Waals surface area contributed by atoms with Crippen molar-refractivity contribution in [2.45, 2.75) is 13.1 Å². The predicted molar refractivity (Wildman–Crippen MR) is 63.2 cm³/mol. The monoisotopic (exact) mass is 231 g/mol. The Morgan fingerprint density at radius 3 is 2.88 bits per heavy atom. The molecule has 0 saturated heterocycles. The van der Waals surface area contributed by atoms with Crippen LogP contribution in [0.1, 0.15) is 11.3 Å². The van der Waals surface area contributed by atoms with Gasteiger partial charge in [0.2, 0.25) is 0 Å². The number of nitrogens with zero attached hydrogens (tertiary/aromatic N) is 2. The Morgan fingerprint density at radius 2 is 2.18 bits per heavy atom. The van der Waals surface area contributed by atoms with Gasteiger partial charge >= 0.3 is 0 Å². The van der Waals surface area contributed by atoms with Gasteiger partial charge in [-0.1, -0.05) is 6.07 Å². The number of rotatable bonds is 1. The van der Waals surface area contributed by atoms with Gasteiger partial charge in [0, 0.05) is 19.2 Å². The third kappa shape index (κ3) is 1.55. The van der Waals surface area contributed by atoms with Crippen LogP contribution in [0.15, 0.2) is 29.1 Å². The molecule has 88 valence electrons. The summed E-state index contributed by atoms with van der Waals surface area (Å²) < 4.78 is 1.48. The number of aromatic nitrogens is 2. The van der Waals surface area contributed by atoms with Gasteiger partial charge in [0.05, 0.1) is 16.9 Å². The first-order chi connectivity index (χ1) is 8.15. The maximum Gasteiger partial charge on any atom is 0.276 e. The molecule has 0 radical (unpaired) electrons. The molecule has 5 heteroatoms. The molecule has 2 aromatic rings. The van der Waals surface area contributed by atoms with Crippen LogP contribution in [0.25, 0.3) is 5.69 Å². The van der Waals surface area contributed by atoms with Crippen molar-refractivity contribution in [2.75, 3.05) is 7.05 Å². The van der Waals surface area contributed by atoms with E-state index in [-0.39, 0.29) is 11.3 Å². The molecule has 1 aliphatic heterocycles. The molecule has 5 nitrogen and oxygen atoms in total. The second-order valence-corrected chi connectivity index (χ2v) is 4.40. The summed E-state index contributed by atoms with van der Waals surface area (Å²) in [5, 5.41) is 12.5. The molecule has 0 bridgehead atoms. The topological polar surface area (TPSA) is 61.3 Å². The zero-order valence-electron chi connectivity index (χ0n) is 9.47. The third-order valence-corrected chi connectivity index (χ3v) is 3.02. The minimum Gasteiger partial charge on any atom is -0.508 e. The highest BCUT2D eigenvalue weighted by Gasteiger charge is 2.23. The average Bonchev–Trinajstić information content (AvgIpc) is 2.78. The minimum atomic E-state index is -0.0325. The van der Waals surface area contributed by atoms with E-state index in [2.05, 4.69) is 10.00 Å². The summed E-state index contributed by atoms with van der Waals surface area (Å²) in [5.74, 6) is 0.154. The van der Waals surface area contributed by atoms with Gasteiger partial charge in [0.25, 0.3) is 5.56 Å². The van der Waals surface area contributed by atoms with E-state index < -0.39 is 0 Å². The fourth-order valence-corrected chi connectivity index (χ4v) is 2.22. The second-order valence-electron chi connectivity index (χ2n) is 4.40.